The Bertz CT molecular complexity index is 371. The second-order valence-electron chi connectivity index (χ2n) is 4.56. The lowest BCUT2D eigenvalue weighted by molar-refractivity contribution is 0.171. The molecular weight excluding hydrogens is 228 g/mol. The van der Waals surface area contributed by atoms with Crippen molar-refractivity contribution >= 4 is 5.69 Å². The highest BCUT2D eigenvalue weighted by atomic mass is 16.5. The maximum atomic E-state index is 5.76. The first-order chi connectivity index (χ1) is 8.85. The number of nitrogens with one attached hydrogen (secondary N) is 1. The van der Waals surface area contributed by atoms with Crippen LogP contribution in [0.1, 0.15) is 6.42 Å². The number of anilines is 1. The fraction of sp³-hybridized carbons (Fsp3) is 0.571. The van der Waals surface area contributed by atoms with Crippen molar-refractivity contribution < 1.29 is 9.47 Å². The molecule has 0 saturated carbocycles. The summed E-state index contributed by atoms with van der Waals surface area (Å²) in [5, 5.41) is 3.29. The van der Waals surface area contributed by atoms with Gasteiger partial charge in [0, 0.05) is 26.2 Å². The maximum Gasteiger partial charge on any atom is 0.142 e. The lowest BCUT2D eigenvalue weighted by Gasteiger charge is -2.28. The molecule has 0 saturated heterocycles. The summed E-state index contributed by atoms with van der Waals surface area (Å²) in [4.78, 5) is 2.38. The van der Waals surface area contributed by atoms with Gasteiger partial charge in [0.05, 0.1) is 18.9 Å². The third kappa shape index (κ3) is 3.15. The molecule has 4 heteroatoms. The normalized spacial score (nSPS) is 16.7. The van der Waals surface area contributed by atoms with Crippen LogP contribution in [-0.4, -0.2) is 46.5 Å². The Balaban J connectivity index is 2.12. The number of likely N-dealkylation sites (N-methyl/N-ethyl adjacent to an activating group) is 1. The van der Waals surface area contributed by atoms with Crippen LogP contribution in [0.5, 0.6) is 5.75 Å². The van der Waals surface area contributed by atoms with E-state index in [1.165, 1.54) is 5.69 Å². The zero-order valence-electron chi connectivity index (χ0n) is 11.2. The zero-order chi connectivity index (χ0) is 12.8. The number of nitrogens with zero attached hydrogens (tertiary/aromatic N) is 1. The van der Waals surface area contributed by atoms with Crippen LogP contribution in [-0.2, 0) is 4.74 Å². The van der Waals surface area contributed by atoms with Gasteiger partial charge >= 0.3 is 0 Å². The molecule has 4 nitrogen and oxygen atoms in total. The molecule has 0 radical (unpaired) electrons. The van der Waals surface area contributed by atoms with E-state index < -0.39 is 0 Å². The van der Waals surface area contributed by atoms with Crippen LogP contribution in [0.15, 0.2) is 24.3 Å². The summed E-state index contributed by atoms with van der Waals surface area (Å²) in [6, 6.07) is 8.58. The highest BCUT2D eigenvalue weighted by Crippen LogP contribution is 2.30. The number of ether oxygens (including phenoxy) is 2. The third-order valence-electron chi connectivity index (χ3n) is 3.25. The Morgan fingerprint density at radius 2 is 2.28 bits per heavy atom. The molecule has 0 spiro atoms. The van der Waals surface area contributed by atoms with Crippen LogP contribution in [0.25, 0.3) is 0 Å². The topological polar surface area (TPSA) is 33.7 Å². The van der Waals surface area contributed by atoms with Gasteiger partial charge in [0.1, 0.15) is 5.75 Å². The molecule has 0 aromatic heterocycles. The molecule has 1 heterocycles. The standard InChI is InChI=1S/C14H22N2O2/c1-15-12(11-17-2)10-16-8-5-9-18-14-7-4-3-6-13(14)16/h3-4,6-7,12,15H,5,8-11H2,1-2H3. The van der Waals surface area contributed by atoms with Crippen LogP contribution >= 0.6 is 0 Å². The van der Waals surface area contributed by atoms with Crippen molar-refractivity contribution in [3.8, 4) is 5.75 Å². The van der Waals surface area contributed by atoms with Crippen molar-refractivity contribution in [2.75, 3.05) is 45.4 Å². The van der Waals surface area contributed by atoms with E-state index in [9.17, 15) is 0 Å². The Kier molecular flexibility index (Phi) is 4.84. The van der Waals surface area contributed by atoms with Gasteiger partial charge < -0.3 is 19.7 Å². The zero-order valence-corrected chi connectivity index (χ0v) is 11.2. The number of hydrogen-bond donors (Lipinski definition) is 1. The average molecular weight is 250 g/mol. The number of fused-ring (bicyclic) bond motifs is 1. The van der Waals surface area contributed by atoms with Crippen molar-refractivity contribution in [1.82, 2.24) is 5.32 Å². The molecule has 0 fully saturated rings. The Morgan fingerprint density at radius 1 is 1.44 bits per heavy atom. The molecule has 100 valence electrons. The van der Waals surface area contributed by atoms with E-state index in [1.54, 1.807) is 7.11 Å². The van der Waals surface area contributed by atoms with Gasteiger partial charge in [0.2, 0.25) is 0 Å². The molecule has 2 rings (SSSR count). The van der Waals surface area contributed by atoms with Gasteiger partial charge in [0.15, 0.2) is 0 Å². The minimum Gasteiger partial charge on any atom is -0.491 e. The summed E-state index contributed by atoms with van der Waals surface area (Å²) in [7, 11) is 3.72. The van der Waals surface area contributed by atoms with Crippen LogP contribution in [0.2, 0.25) is 0 Å². The maximum absolute atomic E-state index is 5.76. The van der Waals surface area contributed by atoms with E-state index in [2.05, 4.69) is 22.3 Å². The van der Waals surface area contributed by atoms with Gasteiger partial charge in [-0.1, -0.05) is 12.1 Å². The van der Waals surface area contributed by atoms with Gasteiger partial charge in [0.25, 0.3) is 0 Å². The largest absolute Gasteiger partial charge is 0.491 e. The number of hydrogen-bond acceptors (Lipinski definition) is 4. The summed E-state index contributed by atoms with van der Waals surface area (Å²) in [5.74, 6) is 0.988. The Labute approximate surface area is 109 Å². The molecule has 0 amide bonds. The molecule has 18 heavy (non-hydrogen) atoms. The van der Waals surface area contributed by atoms with Crippen molar-refractivity contribution in [3.05, 3.63) is 24.3 Å². The lowest BCUT2D eigenvalue weighted by atomic mass is 10.2. The summed E-state index contributed by atoms with van der Waals surface area (Å²) in [6.07, 6.45) is 1.05. The number of methoxy groups -OCH3 is 1. The van der Waals surface area contributed by atoms with E-state index in [0.29, 0.717) is 6.04 Å². The second-order valence-corrected chi connectivity index (χ2v) is 4.56. The molecule has 1 aromatic rings. The van der Waals surface area contributed by atoms with Crippen molar-refractivity contribution in [2.24, 2.45) is 0 Å². The minimum absolute atomic E-state index is 0.334. The fourth-order valence-electron chi connectivity index (χ4n) is 2.28. The molecule has 1 aliphatic heterocycles. The first kappa shape index (κ1) is 13.2. The summed E-state index contributed by atoms with van der Waals surface area (Å²) < 4.78 is 11.0. The van der Waals surface area contributed by atoms with Crippen LogP contribution in [0.4, 0.5) is 5.69 Å². The Morgan fingerprint density at radius 3 is 3.06 bits per heavy atom. The monoisotopic (exact) mass is 250 g/mol. The predicted molar refractivity (Wildman–Crippen MR) is 73.5 cm³/mol. The van der Waals surface area contributed by atoms with Crippen molar-refractivity contribution in [1.29, 1.82) is 0 Å². The number of rotatable bonds is 5. The van der Waals surface area contributed by atoms with Crippen molar-refractivity contribution in [2.45, 2.75) is 12.5 Å². The first-order valence-corrected chi connectivity index (χ1v) is 6.48. The molecule has 0 bridgehead atoms. The molecule has 1 aliphatic rings. The number of benzene rings is 1. The smallest absolute Gasteiger partial charge is 0.142 e. The van der Waals surface area contributed by atoms with E-state index in [-0.39, 0.29) is 0 Å². The van der Waals surface area contributed by atoms with E-state index >= 15 is 0 Å². The summed E-state index contributed by atoms with van der Waals surface area (Å²) in [5.41, 5.74) is 1.19. The fourth-order valence-corrected chi connectivity index (χ4v) is 2.28. The van der Waals surface area contributed by atoms with Gasteiger partial charge in [-0.15, -0.1) is 0 Å². The third-order valence-corrected chi connectivity index (χ3v) is 3.25. The van der Waals surface area contributed by atoms with Crippen LogP contribution in [0, 0.1) is 0 Å². The predicted octanol–water partition coefficient (Wildman–Crippen LogP) is 1.51. The van der Waals surface area contributed by atoms with Gasteiger partial charge in [-0.3, -0.25) is 0 Å². The second kappa shape index (κ2) is 6.61. The lowest BCUT2D eigenvalue weighted by Crippen LogP contribution is -2.42. The van der Waals surface area contributed by atoms with Crippen LogP contribution in [0.3, 0.4) is 0 Å². The van der Waals surface area contributed by atoms with Gasteiger partial charge in [-0.25, -0.2) is 0 Å². The highest BCUT2D eigenvalue weighted by Gasteiger charge is 2.18. The SMILES string of the molecule is CNC(COC)CN1CCCOc2ccccc21. The van der Waals surface area contributed by atoms with Gasteiger partial charge in [-0.05, 0) is 25.6 Å². The van der Waals surface area contributed by atoms with Crippen molar-refractivity contribution in [3.63, 3.8) is 0 Å². The molecule has 0 aliphatic carbocycles. The van der Waals surface area contributed by atoms with Gasteiger partial charge in [-0.2, -0.15) is 0 Å². The first-order valence-electron chi connectivity index (χ1n) is 6.48. The molecule has 1 aromatic carbocycles. The summed E-state index contributed by atoms with van der Waals surface area (Å²) in [6.45, 7) is 3.47. The Hall–Kier alpha value is -1.26. The van der Waals surface area contributed by atoms with E-state index in [0.717, 1.165) is 38.5 Å². The molecular formula is C14H22N2O2. The quantitative estimate of drug-likeness (QED) is 0.859. The number of para-hydroxylation sites is 2. The minimum atomic E-state index is 0.334. The van der Waals surface area contributed by atoms with E-state index in [4.69, 9.17) is 9.47 Å². The molecule has 1 unspecified atom stereocenters. The average Bonchev–Trinajstić information content (AvgIpc) is 2.61. The molecule has 1 N–H and O–H groups in total. The summed E-state index contributed by atoms with van der Waals surface area (Å²) >= 11 is 0. The molecule has 1 atom stereocenters. The van der Waals surface area contributed by atoms with Crippen LogP contribution < -0.4 is 15.0 Å². The van der Waals surface area contributed by atoms with E-state index in [1.807, 2.05) is 19.2 Å². The highest BCUT2D eigenvalue weighted by molar-refractivity contribution is 5.59.